The van der Waals surface area contributed by atoms with Crippen LogP contribution in [-0.2, 0) is 4.74 Å². The van der Waals surface area contributed by atoms with Crippen LogP contribution in [0.4, 0.5) is 4.39 Å². The second-order valence-corrected chi connectivity index (χ2v) is 6.38. The molecule has 0 bridgehead atoms. The molecule has 2 heterocycles. The number of hydrogen-bond acceptors (Lipinski definition) is 5. The van der Waals surface area contributed by atoms with Crippen molar-refractivity contribution in [1.29, 1.82) is 0 Å². The van der Waals surface area contributed by atoms with E-state index in [1.807, 2.05) is 4.57 Å². The lowest BCUT2D eigenvalue weighted by molar-refractivity contribution is 0.0520. The predicted molar refractivity (Wildman–Crippen MR) is 94.9 cm³/mol. The molecule has 7 nitrogen and oxygen atoms in total. The number of pyridine rings is 1. The highest BCUT2D eigenvalue weighted by molar-refractivity contribution is 5.88. The van der Waals surface area contributed by atoms with E-state index < -0.39 is 17.2 Å². The summed E-state index contributed by atoms with van der Waals surface area (Å²) in [5, 5.41) is 0.151. The quantitative estimate of drug-likeness (QED) is 0.510. The molecule has 138 valence electrons. The first-order valence-electron chi connectivity index (χ1n) is 8.58. The molecule has 1 aromatic carbocycles. The number of carbonyl (C=O) groups excluding carboxylic acids is 2. The highest BCUT2D eigenvalue weighted by atomic mass is 19.1. The first-order valence-corrected chi connectivity index (χ1v) is 8.58. The molecule has 2 aromatic heterocycles. The number of imidazole rings is 1. The molecule has 1 fully saturated rings. The molecule has 4 rings (SSSR count). The van der Waals surface area contributed by atoms with Crippen molar-refractivity contribution in [2.75, 3.05) is 6.61 Å². The number of rotatable bonds is 5. The van der Waals surface area contributed by atoms with Crippen LogP contribution in [0.3, 0.4) is 0 Å². The molecular formula is C19H16FN3O4. The summed E-state index contributed by atoms with van der Waals surface area (Å²) in [5.74, 6) is -1.25. The Balaban J connectivity index is 1.89. The number of aromatic nitrogens is 3. The van der Waals surface area contributed by atoms with E-state index >= 15 is 0 Å². The molecule has 0 saturated heterocycles. The molecule has 1 saturated carbocycles. The molecule has 8 heteroatoms. The monoisotopic (exact) mass is 369 g/mol. The lowest BCUT2D eigenvalue weighted by Crippen LogP contribution is -2.15. The van der Waals surface area contributed by atoms with Gasteiger partial charge in [-0.1, -0.05) is 0 Å². The molecule has 0 atom stereocenters. The van der Waals surface area contributed by atoms with Gasteiger partial charge in [0.15, 0.2) is 17.4 Å². The average Bonchev–Trinajstić information content (AvgIpc) is 3.38. The van der Waals surface area contributed by atoms with Crippen LogP contribution in [0.2, 0.25) is 0 Å². The summed E-state index contributed by atoms with van der Waals surface area (Å²) in [7, 11) is 0. The van der Waals surface area contributed by atoms with E-state index in [0.29, 0.717) is 11.8 Å². The van der Waals surface area contributed by atoms with Crippen LogP contribution < -0.4 is 5.43 Å². The summed E-state index contributed by atoms with van der Waals surface area (Å²) in [6, 6.07) is 2.85. The van der Waals surface area contributed by atoms with Gasteiger partial charge in [0.1, 0.15) is 12.1 Å². The SMILES string of the molecule is CCOC(=O)c1cn(-c2cc3c(cc2F)c(=O)c(C=O)cn3C2CC2)cn1. The molecule has 1 aliphatic carbocycles. The Labute approximate surface area is 153 Å². The van der Waals surface area contributed by atoms with Crippen molar-refractivity contribution in [3.05, 3.63) is 58.2 Å². The minimum Gasteiger partial charge on any atom is -0.461 e. The Bertz CT molecular complexity index is 1130. The number of benzene rings is 1. The van der Waals surface area contributed by atoms with Crippen LogP contribution in [0.15, 0.2) is 35.6 Å². The predicted octanol–water partition coefficient (Wildman–Crippen LogP) is 2.65. The Morgan fingerprint density at radius 1 is 1.37 bits per heavy atom. The van der Waals surface area contributed by atoms with Gasteiger partial charge in [-0.2, -0.15) is 0 Å². The first-order chi connectivity index (χ1) is 13.0. The Kier molecular flexibility index (Phi) is 4.10. The Morgan fingerprint density at radius 2 is 2.15 bits per heavy atom. The van der Waals surface area contributed by atoms with Gasteiger partial charge in [0.2, 0.25) is 0 Å². The fourth-order valence-electron chi connectivity index (χ4n) is 3.08. The molecule has 1 aliphatic rings. The minimum absolute atomic E-state index is 0.00813. The summed E-state index contributed by atoms with van der Waals surface area (Å²) < 4.78 is 22.8. The highest BCUT2D eigenvalue weighted by Gasteiger charge is 2.26. The maximum absolute atomic E-state index is 14.7. The standard InChI is InChI=1S/C19H16FN3O4/c1-2-27-19(26)15-8-22(10-21-15)17-6-16-13(5-14(17)20)18(25)11(9-24)7-23(16)12-3-4-12/h5-10,12H,2-4H2,1H3. The topological polar surface area (TPSA) is 83.2 Å². The van der Waals surface area contributed by atoms with E-state index in [-0.39, 0.29) is 35.0 Å². The van der Waals surface area contributed by atoms with Gasteiger partial charge in [0, 0.05) is 23.8 Å². The number of fused-ring (bicyclic) bond motifs is 1. The molecule has 0 amide bonds. The van der Waals surface area contributed by atoms with Crippen molar-refractivity contribution in [1.82, 2.24) is 14.1 Å². The van der Waals surface area contributed by atoms with Crippen LogP contribution in [0.25, 0.3) is 16.6 Å². The van der Waals surface area contributed by atoms with E-state index in [9.17, 15) is 18.8 Å². The van der Waals surface area contributed by atoms with Gasteiger partial charge in [0.05, 0.1) is 23.4 Å². The third-order valence-corrected chi connectivity index (χ3v) is 4.54. The number of carbonyl (C=O) groups is 2. The number of nitrogens with zero attached hydrogens (tertiary/aromatic N) is 3. The van der Waals surface area contributed by atoms with Gasteiger partial charge in [-0.25, -0.2) is 14.2 Å². The van der Waals surface area contributed by atoms with Crippen LogP contribution in [0.1, 0.15) is 46.7 Å². The largest absolute Gasteiger partial charge is 0.461 e. The second kappa shape index (κ2) is 6.46. The summed E-state index contributed by atoms with van der Waals surface area (Å²) >= 11 is 0. The summed E-state index contributed by atoms with van der Waals surface area (Å²) in [6.07, 6.45) is 6.57. The number of aldehydes is 1. The zero-order valence-corrected chi connectivity index (χ0v) is 14.5. The minimum atomic E-state index is -0.655. The fourth-order valence-corrected chi connectivity index (χ4v) is 3.08. The third kappa shape index (κ3) is 2.92. The molecular weight excluding hydrogens is 353 g/mol. The molecule has 3 aromatic rings. The summed E-state index contributed by atoms with van der Waals surface area (Å²) in [6.45, 7) is 1.89. The fraction of sp³-hybridized carbons (Fsp3) is 0.263. The van der Waals surface area contributed by atoms with Crippen molar-refractivity contribution in [2.24, 2.45) is 0 Å². The Morgan fingerprint density at radius 3 is 2.81 bits per heavy atom. The summed E-state index contributed by atoms with van der Waals surface area (Å²) in [5.41, 5.74) is 0.260. The van der Waals surface area contributed by atoms with Gasteiger partial charge in [0.25, 0.3) is 0 Å². The van der Waals surface area contributed by atoms with Crippen molar-refractivity contribution in [3.63, 3.8) is 0 Å². The zero-order valence-electron chi connectivity index (χ0n) is 14.5. The van der Waals surface area contributed by atoms with Crippen LogP contribution in [0.5, 0.6) is 0 Å². The number of ether oxygens (including phenoxy) is 1. The van der Waals surface area contributed by atoms with Crippen LogP contribution >= 0.6 is 0 Å². The maximum Gasteiger partial charge on any atom is 0.358 e. The zero-order chi connectivity index (χ0) is 19.1. The highest BCUT2D eigenvalue weighted by Crippen LogP contribution is 2.37. The lowest BCUT2D eigenvalue weighted by atomic mass is 10.1. The van der Waals surface area contributed by atoms with Crippen molar-refractivity contribution < 1.29 is 18.7 Å². The molecule has 0 radical (unpaired) electrons. The Hall–Kier alpha value is -3.29. The van der Waals surface area contributed by atoms with Crippen molar-refractivity contribution in [3.8, 4) is 5.69 Å². The normalized spacial score (nSPS) is 13.7. The molecule has 0 N–H and O–H groups in total. The van der Waals surface area contributed by atoms with E-state index in [0.717, 1.165) is 18.9 Å². The third-order valence-electron chi connectivity index (χ3n) is 4.54. The van der Waals surface area contributed by atoms with E-state index in [1.165, 1.54) is 29.4 Å². The van der Waals surface area contributed by atoms with Gasteiger partial charge in [-0.15, -0.1) is 0 Å². The average molecular weight is 369 g/mol. The van der Waals surface area contributed by atoms with E-state index in [2.05, 4.69) is 4.98 Å². The van der Waals surface area contributed by atoms with Crippen LogP contribution in [0, 0.1) is 5.82 Å². The first kappa shape index (κ1) is 17.1. The molecule has 27 heavy (non-hydrogen) atoms. The molecule has 0 unspecified atom stereocenters. The smallest absolute Gasteiger partial charge is 0.358 e. The lowest BCUT2D eigenvalue weighted by Gasteiger charge is -2.13. The van der Waals surface area contributed by atoms with Gasteiger partial charge in [-0.3, -0.25) is 9.59 Å². The maximum atomic E-state index is 14.7. The number of halogens is 1. The van der Waals surface area contributed by atoms with E-state index in [4.69, 9.17) is 4.74 Å². The van der Waals surface area contributed by atoms with Crippen molar-refractivity contribution in [2.45, 2.75) is 25.8 Å². The van der Waals surface area contributed by atoms with Gasteiger partial charge < -0.3 is 13.9 Å². The van der Waals surface area contributed by atoms with Crippen molar-refractivity contribution >= 4 is 23.2 Å². The number of esters is 1. The molecule has 0 aliphatic heterocycles. The van der Waals surface area contributed by atoms with Gasteiger partial charge >= 0.3 is 5.97 Å². The molecule has 0 spiro atoms. The summed E-state index contributed by atoms with van der Waals surface area (Å²) in [4.78, 5) is 39.4. The number of hydrogen-bond donors (Lipinski definition) is 0. The second-order valence-electron chi connectivity index (χ2n) is 6.38. The van der Waals surface area contributed by atoms with Gasteiger partial charge in [-0.05, 0) is 31.9 Å². The van der Waals surface area contributed by atoms with E-state index in [1.54, 1.807) is 6.92 Å². The van der Waals surface area contributed by atoms with Crippen LogP contribution in [-0.4, -0.2) is 33.0 Å².